The predicted octanol–water partition coefficient (Wildman–Crippen LogP) is 3.27. The molecule has 2 aromatic heterocycles. The molecule has 4 aromatic rings. The van der Waals surface area contributed by atoms with Crippen LogP contribution in [0.4, 0.5) is 0 Å². The zero-order valence-corrected chi connectivity index (χ0v) is 20.6. The number of amides is 1. The predicted molar refractivity (Wildman–Crippen MR) is 133 cm³/mol. The van der Waals surface area contributed by atoms with Crippen LogP contribution in [0.2, 0.25) is 5.02 Å². The number of H-pyrrole nitrogens is 1. The second-order valence-corrected chi connectivity index (χ2v) is 9.97. The second kappa shape index (κ2) is 10.2. The molecular weight excluding hydrogens is 471 g/mol. The second-order valence-electron chi connectivity index (χ2n) is 7.62. The number of pyridine rings is 1. The summed E-state index contributed by atoms with van der Waals surface area (Å²) in [6.45, 7) is 2.27. The number of carbonyl (C=O) groups is 1. The van der Waals surface area contributed by atoms with Crippen LogP contribution in [0.15, 0.2) is 60.9 Å². The highest BCUT2D eigenvalue weighted by Gasteiger charge is 2.27. The van der Waals surface area contributed by atoms with Crippen molar-refractivity contribution in [2.45, 2.75) is 13.5 Å². The van der Waals surface area contributed by atoms with Gasteiger partial charge in [-0.1, -0.05) is 11.6 Å². The molecule has 7 nitrogen and oxygen atoms in total. The van der Waals surface area contributed by atoms with Crippen LogP contribution in [-0.4, -0.2) is 25.1 Å². The van der Waals surface area contributed by atoms with Gasteiger partial charge in [-0.25, -0.2) is 0 Å². The summed E-state index contributed by atoms with van der Waals surface area (Å²) in [6, 6.07) is 17.0. The molecule has 2 N–H and O–H groups in total. The molecule has 1 amide bonds. The molecule has 9 heteroatoms. The van der Waals surface area contributed by atoms with E-state index in [-0.39, 0.29) is 5.91 Å². The van der Waals surface area contributed by atoms with Gasteiger partial charge >= 0.3 is 0 Å². The van der Waals surface area contributed by atoms with Crippen molar-refractivity contribution in [3.05, 3.63) is 88.3 Å². The van der Waals surface area contributed by atoms with Crippen LogP contribution in [0, 0.1) is 18.3 Å². The molecule has 0 saturated heterocycles. The number of hydrogen-bond donors (Lipinski definition) is 2. The normalized spacial score (nSPS) is 11.7. The first kappa shape index (κ1) is 23.7. The molecule has 0 aliphatic heterocycles. The number of carbonyl (C=O) groups excluding carboxylic acids is 1. The number of nitrogens with zero attached hydrogens (tertiary/aromatic N) is 2. The number of benzene rings is 2. The molecule has 1 unspecified atom stereocenters. The molecular formula is C25H23ClN4O3P+. The van der Waals surface area contributed by atoms with Crippen molar-refractivity contribution in [3.63, 3.8) is 0 Å². The van der Waals surface area contributed by atoms with E-state index >= 15 is 0 Å². The Morgan fingerprint density at radius 2 is 1.94 bits per heavy atom. The number of halogens is 1. The van der Waals surface area contributed by atoms with Gasteiger partial charge in [0.25, 0.3) is 5.91 Å². The van der Waals surface area contributed by atoms with Crippen LogP contribution >= 0.6 is 19.7 Å². The topological polar surface area (TPSA) is 91.0 Å². The molecule has 4 rings (SSSR count). The molecule has 0 radical (unpaired) electrons. The minimum atomic E-state index is -1.41. The maximum absolute atomic E-state index is 13.4. The third kappa shape index (κ3) is 4.90. The summed E-state index contributed by atoms with van der Waals surface area (Å²) >= 11 is 6.31. The van der Waals surface area contributed by atoms with E-state index in [2.05, 4.69) is 16.4 Å². The third-order valence-corrected chi connectivity index (χ3v) is 7.50. The van der Waals surface area contributed by atoms with Gasteiger partial charge in [0, 0.05) is 57.1 Å². The number of nitriles is 1. The van der Waals surface area contributed by atoms with Gasteiger partial charge < -0.3 is 14.8 Å². The zero-order valence-electron chi connectivity index (χ0n) is 18.9. The van der Waals surface area contributed by atoms with Crippen molar-refractivity contribution in [3.8, 4) is 6.07 Å². The van der Waals surface area contributed by atoms with E-state index in [1.54, 1.807) is 37.4 Å². The summed E-state index contributed by atoms with van der Waals surface area (Å²) in [4.78, 5) is 21.7. The van der Waals surface area contributed by atoms with Crippen molar-refractivity contribution >= 4 is 47.2 Å². The quantitative estimate of drug-likeness (QED) is 0.305. The fraction of sp³-hybridized carbons (Fsp3) is 0.160. The van der Waals surface area contributed by atoms with Crippen molar-refractivity contribution in [1.29, 1.82) is 5.26 Å². The van der Waals surface area contributed by atoms with Crippen molar-refractivity contribution < 1.29 is 18.9 Å². The SMILES string of the molecule is CO[n+]1ccc(CNC(=O)c2[nH]c3ccc(Cl)cc3c2P(OC)c2cc(C)cc(C#N)c2)cc1. The van der Waals surface area contributed by atoms with E-state index < -0.39 is 8.15 Å². The number of aromatic amines is 1. The molecule has 0 fully saturated rings. The summed E-state index contributed by atoms with van der Waals surface area (Å²) in [7, 11) is 1.78. The van der Waals surface area contributed by atoms with Crippen molar-refractivity contribution in [2.24, 2.45) is 0 Å². The van der Waals surface area contributed by atoms with Crippen LogP contribution in [0.1, 0.15) is 27.2 Å². The maximum Gasteiger partial charge on any atom is 0.268 e. The average Bonchev–Trinajstić information content (AvgIpc) is 3.21. The Bertz CT molecular complexity index is 1400. The van der Waals surface area contributed by atoms with E-state index in [0.717, 1.165) is 32.6 Å². The van der Waals surface area contributed by atoms with Gasteiger partial charge in [-0.05, 0) is 54.4 Å². The molecule has 0 bridgehead atoms. The fourth-order valence-electron chi connectivity index (χ4n) is 3.75. The largest absolute Gasteiger partial charge is 0.353 e. The Morgan fingerprint density at radius 3 is 2.62 bits per heavy atom. The number of fused-ring (bicyclic) bond motifs is 1. The zero-order chi connectivity index (χ0) is 24.2. The van der Waals surface area contributed by atoms with Gasteiger partial charge in [-0.3, -0.25) is 9.63 Å². The van der Waals surface area contributed by atoms with Crippen LogP contribution in [0.25, 0.3) is 10.9 Å². The summed E-state index contributed by atoms with van der Waals surface area (Å²) in [5.74, 6) is -0.261. The van der Waals surface area contributed by atoms with Gasteiger partial charge in [0.1, 0.15) is 12.8 Å². The summed E-state index contributed by atoms with van der Waals surface area (Å²) < 4.78 is 7.52. The van der Waals surface area contributed by atoms with Crippen LogP contribution in [0.3, 0.4) is 0 Å². The first-order valence-corrected chi connectivity index (χ1v) is 12.1. The number of hydrogen-bond acceptors (Lipinski definition) is 4. The number of rotatable bonds is 7. The lowest BCUT2D eigenvalue weighted by Gasteiger charge is -2.18. The smallest absolute Gasteiger partial charge is 0.268 e. The molecule has 1 atom stereocenters. The highest BCUT2D eigenvalue weighted by molar-refractivity contribution is 7.69. The lowest BCUT2D eigenvalue weighted by molar-refractivity contribution is -0.885. The number of nitrogens with one attached hydrogen (secondary N) is 2. The van der Waals surface area contributed by atoms with Gasteiger partial charge in [-0.2, -0.15) is 5.26 Å². The summed E-state index contributed by atoms with van der Waals surface area (Å²) in [5, 5.41) is 15.4. The summed E-state index contributed by atoms with van der Waals surface area (Å²) in [6.07, 6.45) is 3.54. The molecule has 0 aliphatic rings. The molecule has 2 heterocycles. The van der Waals surface area contributed by atoms with Crippen LogP contribution in [0.5, 0.6) is 0 Å². The summed E-state index contributed by atoms with van der Waals surface area (Å²) in [5.41, 5.74) is 3.60. The lowest BCUT2D eigenvalue weighted by Crippen LogP contribution is -2.39. The van der Waals surface area contributed by atoms with E-state index in [4.69, 9.17) is 21.0 Å². The minimum absolute atomic E-state index is 0.261. The molecule has 172 valence electrons. The molecule has 0 saturated carbocycles. The first-order valence-electron chi connectivity index (χ1n) is 10.4. The Hall–Kier alpha value is -3.43. The van der Waals surface area contributed by atoms with Gasteiger partial charge in [0.2, 0.25) is 12.4 Å². The minimum Gasteiger partial charge on any atom is -0.353 e. The Balaban J connectivity index is 1.75. The third-order valence-electron chi connectivity index (χ3n) is 5.31. The van der Waals surface area contributed by atoms with Crippen LogP contribution in [-0.2, 0) is 11.1 Å². The number of aromatic nitrogens is 2. The first-order chi connectivity index (χ1) is 16.4. The number of aryl methyl sites for hydroxylation is 1. The van der Waals surface area contributed by atoms with E-state index in [1.807, 2.05) is 49.4 Å². The maximum atomic E-state index is 13.4. The Kier molecular flexibility index (Phi) is 7.14. The van der Waals surface area contributed by atoms with Crippen LogP contribution < -0.4 is 25.5 Å². The lowest BCUT2D eigenvalue weighted by atomic mass is 10.2. The molecule has 0 aliphatic carbocycles. The van der Waals surface area contributed by atoms with Gasteiger partial charge in [-0.15, -0.1) is 0 Å². The molecule has 2 aromatic carbocycles. The molecule has 34 heavy (non-hydrogen) atoms. The van der Waals surface area contributed by atoms with Crippen molar-refractivity contribution in [1.82, 2.24) is 10.3 Å². The van der Waals surface area contributed by atoms with Crippen molar-refractivity contribution in [2.75, 3.05) is 14.2 Å². The highest BCUT2D eigenvalue weighted by Crippen LogP contribution is 2.39. The molecule has 0 spiro atoms. The van der Waals surface area contributed by atoms with Gasteiger partial charge in [0.05, 0.1) is 19.8 Å². The van der Waals surface area contributed by atoms with E-state index in [0.29, 0.717) is 22.8 Å². The fourth-order valence-corrected chi connectivity index (χ4v) is 5.91. The Morgan fingerprint density at radius 1 is 1.18 bits per heavy atom. The van der Waals surface area contributed by atoms with E-state index in [9.17, 15) is 10.1 Å². The Labute approximate surface area is 203 Å². The highest BCUT2D eigenvalue weighted by atomic mass is 35.5. The van der Waals surface area contributed by atoms with E-state index in [1.165, 1.54) is 0 Å². The average molecular weight is 494 g/mol. The standard InChI is InChI=1S/C25H22ClN4O3P/c1-16-10-18(14-27)12-20(11-16)34(33-3)24-21-13-19(26)4-5-22(21)29-23(24)25(31)28-15-17-6-8-30(32-2)9-7-17/h4-13H,15H2,1-3H3,(H-,28,29,31)/p+1. The van der Waals surface area contributed by atoms with Gasteiger partial charge in [0.15, 0.2) is 0 Å². The monoisotopic (exact) mass is 493 g/mol.